The molecule has 0 spiro atoms. The Bertz CT molecular complexity index is 614. The zero-order valence-corrected chi connectivity index (χ0v) is 19.2. The highest BCUT2D eigenvalue weighted by atomic mass is 16.6. The van der Waals surface area contributed by atoms with Crippen LogP contribution in [0.2, 0.25) is 0 Å². The first-order valence-corrected chi connectivity index (χ1v) is 10.4. The largest absolute Gasteiger partial charge is 0.462 e. The number of allylic oxidation sites excluding steroid dienone is 2. The lowest BCUT2D eigenvalue weighted by Gasteiger charge is -2.38. The normalized spacial score (nSPS) is 29.0. The molecule has 4 nitrogen and oxygen atoms in total. The number of esters is 2. The highest BCUT2D eigenvalue weighted by Crippen LogP contribution is 2.66. The van der Waals surface area contributed by atoms with E-state index in [2.05, 4.69) is 47.3 Å². The molecule has 2 saturated carbocycles. The van der Waals surface area contributed by atoms with Gasteiger partial charge in [-0.3, -0.25) is 9.59 Å². The maximum Gasteiger partial charge on any atom is 0.303 e. The minimum absolute atomic E-state index is 0.125. The summed E-state index contributed by atoms with van der Waals surface area (Å²) in [5.74, 6) is 0.362. The van der Waals surface area contributed by atoms with E-state index in [4.69, 9.17) is 9.47 Å². The van der Waals surface area contributed by atoms with Gasteiger partial charge in [0.2, 0.25) is 0 Å². The Hall–Kier alpha value is -1.58. The number of carbonyl (C=O) groups excluding carboxylic acids is 2. The van der Waals surface area contributed by atoms with Gasteiger partial charge in [-0.1, -0.05) is 39.0 Å². The molecule has 2 aliphatic rings. The van der Waals surface area contributed by atoms with Crippen LogP contribution in [0.15, 0.2) is 24.3 Å². The maximum atomic E-state index is 11.0. The standard InChI is InChI=1S/2C12H20O2/c1-8(13)14-10-7-9-5-6-12(10,4)11(9,2)3;1-6-12(5,14-11(4)13)9-7-8-10(2)3/h9-10H,5-7H2,1-4H3;6,8H,1,7,9H2,2-5H3/t9-,10-,12+;/m0./s1. The molecule has 2 rings (SSSR count). The average Bonchev–Trinajstić information content (AvgIpc) is 2.87. The molecule has 0 saturated heterocycles. The molecule has 0 aromatic carbocycles. The molecule has 4 atom stereocenters. The molecule has 0 N–H and O–H groups in total. The molecule has 0 heterocycles. The first-order valence-electron chi connectivity index (χ1n) is 10.4. The third kappa shape index (κ3) is 5.71. The third-order valence-electron chi connectivity index (χ3n) is 7.02. The number of hydrogen-bond donors (Lipinski definition) is 0. The van der Waals surface area contributed by atoms with Gasteiger partial charge in [0, 0.05) is 19.3 Å². The number of hydrogen-bond acceptors (Lipinski definition) is 4. The molecule has 0 aromatic heterocycles. The Labute approximate surface area is 171 Å². The minimum atomic E-state index is -0.530. The Morgan fingerprint density at radius 2 is 1.75 bits per heavy atom. The van der Waals surface area contributed by atoms with E-state index in [9.17, 15) is 9.59 Å². The van der Waals surface area contributed by atoms with Crippen LogP contribution in [0.5, 0.6) is 0 Å². The van der Waals surface area contributed by atoms with Gasteiger partial charge in [-0.05, 0) is 70.3 Å². The van der Waals surface area contributed by atoms with Crippen LogP contribution >= 0.6 is 0 Å². The number of fused-ring (bicyclic) bond motifs is 2. The number of rotatable bonds is 6. The van der Waals surface area contributed by atoms with Crippen molar-refractivity contribution in [3.05, 3.63) is 24.3 Å². The molecule has 2 aliphatic carbocycles. The first-order chi connectivity index (χ1) is 12.8. The fraction of sp³-hybridized carbons (Fsp3) is 0.750. The van der Waals surface area contributed by atoms with Crippen molar-refractivity contribution in [1.29, 1.82) is 0 Å². The predicted octanol–water partition coefficient (Wildman–Crippen LogP) is 6.00. The Morgan fingerprint density at radius 3 is 2.11 bits per heavy atom. The van der Waals surface area contributed by atoms with E-state index in [1.165, 1.54) is 32.3 Å². The zero-order chi connectivity index (χ0) is 21.8. The lowest BCUT2D eigenvalue weighted by atomic mass is 9.70. The lowest BCUT2D eigenvalue weighted by molar-refractivity contribution is -0.154. The second-order valence-electron chi connectivity index (χ2n) is 9.64. The lowest BCUT2D eigenvalue weighted by Crippen LogP contribution is -2.37. The highest BCUT2D eigenvalue weighted by molar-refractivity contribution is 5.67. The molecular formula is C24H40O4. The summed E-state index contributed by atoms with van der Waals surface area (Å²) in [4.78, 5) is 21.8. The molecule has 2 bridgehead atoms. The summed E-state index contributed by atoms with van der Waals surface area (Å²) in [6, 6.07) is 0. The van der Waals surface area contributed by atoms with E-state index < -0.39 is 5.60 Å². The SMILES string of the molecule is C=CC(C)(CCC=C(C)C)OC(C)=O.CC(=O)O[C@H]1C[C@@H]2CC[C@@]1(C)C2(C)C. The second-order valence-corrected chi connectivity index (χ2v) is 9.64. The van der Waals surface area contributed by atoms with E-state index in [0.29, 0.717) is 5.41 Å². The highest BCUT2D eigenvalue weighted by Gasteiger charge is 2.62. The van der Waals surface area contributed by atoms with E-state index in [-0.39, 0.29) is 23.5 Å². The van der Waals surface area contributed by atoms with Crippen molar-refractivity contribution in [3.63, 3.8) is 0 Å². The fourth-order valence-electron chi connectivity index (χ4n) is 4.68. The van der Waals surface area contributed by atoms with Crippen LogP contribution in [-0.2, 0) is 19.1 Å². The number of carbonyl (C=O) groups is 2. The van der Waals surface area contributed by atoms with Crippen molar-refractivity contribution in [1.82, 2.24) is 0 Å². The molecule has 160 valence electrons. The van der Waals surface area contributed by atoms with E-state index in [1.807, 2.05) is 6.92 Å². The van der Waals surface area contributed by atoms with Crippen molar-refractivity contribution in [2.24, 2.45) is 16.7 Å². The first kappa shape index (κ1) is 24.5. The molecule has 0 radical (unpaired) electrons. The van der Waals surface area contributed by atoms with Crippen molar-refractivity contribution < 1.29 is 19.1 Å². The number of ether oxygens (including phenoxy) is 2. The van der Waals surface area contributed by atoms with Crippen LogP contribution in [0.25, 0.3) is 0 Å². The van der Waals surface area contributed by atoms with Crippen LogP contribution in [0.1, 0.15) is 87.5 Å². The van der Waals surface area contributed by atoms with Crippen LogP contribution in [0.4, 0.5) is 0 Å². The van der Waals surface area contributed by atoms with Crippen molar-refractivity contribution in [2.75, 3.05) is 0 Å². The minimum Gasteiger partial charge on any atom is -0.462 e. The van der Waals surface area contributed by atoms with E-state index in [1.54, 1.807) is 6.08 Å². The van der Waals surface area contributed by atoms with Gasteiger partial charge in [0.1, 0.15) is 11.7 Å². The summed E-state index contributed by atoms with van der Waals surface area (Å²) in [5.41, 5.74) is 1.30. The van der Waals surface area contributed by atoms with Gasteiger partial charge in [0.15, 0.2) is 0 Å². The Morgan fingerprint density at radius 1 is 1.14 bits per heavy atom. The van der Waals surface area contributed by atoms with Gasteiger partial charge in [0.25, 0.3) is 0 Å². The van der Waals surface area contributed by atoms with Gasteiger partial charge in [-0.2, -0.15) is 0 Å². The molecule has 2 fully saturated rings. The van der Waals surface area contributed by atoms with Crippen LogP contribution in [-0.4, -0.2) is 23.6 Å². The van der Waals surface area contributed by atoms with Crippen LogP contribution < -0.4 is 0 Å². The topological polar surface area (TPSA) is 52.6 Å². The van der Waals surface area contributed by atoms with Gasteiger partial charge < -0.3 is 9.47 Å². The Kier molecular flexibility index (Phi) is 8.10. The summed E-state index contributed by atoms with van der Waals surface area (Å²) < 4.78 is 10.6. The summed E-state index contributed by atoms with van der Waals surface area (Å²) in [7, 11) is 0. The van der Waals surface area contributed by atoms with Crippen molar-refractivity contribution in [2.45, 2.75) is 99.2 Å². The predicted molar refractivity (Wildman–Crippen MR) is 114 cm³/mol. The van der Waals surface area contributed by atoms with Gasteiger partial charge >= 0.3 is 11.9 Å². The monoisotopic (exact) mass is 392 g/mol. The van der Waals surface area contributed by atoms with Gasteiger partial charge in [0.05, 0.1) is 0 Å². The summed E-state index contributed by atoms with van der Waals surface area (Å²) in [6.45, 7) is 19.5. The molecule has 1 unspecified atom stereocenters. The van der Waals surface area contributed by atoms with Gasteiger partial charge in [-0.15, -0.1) is 0 Å². The molecular weight excluding hydrogens is 352 g/mol. The molecule has 0 aliphatic heterocycles. The molecule has 0 aromatic rings. The molecule has 0 amide bonds. The van der Waals surface area contributed by atoms with Crippen LogP contribution in [0, 0.1) is 16.7 Å². The molecule has 28 heavy (non-hydrogen) atoms. The second kappa shape index (κ2) is 9.28. The summed E-state index contributed by atoms with van der Waals surface area (Å²) in [6.07, 6.45) is 9.25. The quantitative estimate of drug-likeness (QED) is 0.410. The summed E-state index contributed by atoms with van der Waals surface area (Å²) in [5, 5.41) is 0. The Balaban J connectivity index is 0.000000280. The van der Waals surface area contributed by atoms with E-state index in [0.717, 1.165) is 25.2 Å². The fourth-order valence-corrected chi connectivity index (χ4v) is 4.68. The molecule has 4 heteroatoms. The third-order valence-corrected chi connectivity index (χ3v) is 7.02. The zero-order valence-electron chi connectivity index (χ0n) is 19.2. The van der Waals surface area contributed by atoms with Crippen LogP contribution in [0.3, 0.4) is 0 Å². The maximum absolute atomic E-state index is 11.0. The van der Waals surface area contributed by atoms with Gasteiger partial charge in [-0.25, -0.2) is 0 Å². The average molecular weight is 393 g/mol. The van der Waals surface area contributed by atoms with E-state index >= 15 is 0 Å². The van der Waals surface area contributed by atoms with Crippen molar-refractivity contribution >= 4 is 11.9 Å². The van der Waals surface area contributed by atoms with Crippen molar-refractivity contribution in [3.8, 4) is 0 Å². The smallest absolute Gasteiger partial charge is 0.303 e. The summed E-state index contributed by atoms with van der Waals surface area (Å²) >= 11 is 0.